The molecule has 0 aliphatic carbocycles. The van der Waals surface area contributed by atoms with Gasteiger partial charge in [0.15, 0.2) is 5.82 Å². The van der Waals surface area contributed by atoms with Crippen molar-refractivity contribution in [3.63, 3.8) is 0 Å². The molecule has 6 nitrogen and oxygen atoms in total. The summed E-state index contributed by atoms with van der Waals surface area (Å²) in [7, 11) is 0. The van der Waals surface area contributed by atoms with Crippen molar-refractivity contribution in [1.82, 2.24) is 19.4 Å². The van der Waals surface area contributed by atoms with Crippen molar-refractivity contribution in [2.24, 2.45) is 0 Å². The molecule has 0 spiro atoms. The molecule has 0 saturated heterocycles. The van der Waals surface area contributed by atoms with Gasteiger partial charge in [-0.2, -0.15) is 5.10 Å². The van der Waals surface area contributed by atoms with Gasteiger partial charge in [-0.1, -0.05) is 78.9 Å². The summed E-state index contributed by atoms with van der Waals surface area (Å²) in [4.78, 5) is 18.3. The molecule has 6 heteroatoms. The number of anilines is 1. The van der Waals surface area contributed by atoms with Crippen LogP contribution in [-0.4, -0.2) is 19.4 Å². The van der Waals surface area contributed by atoms with E-state index < -0.39 is 0 Å². The Balaban J connectivity index is 1.49. The van der Waals surface area contributed by atoms with Gasteiger partial charge in [-0.05, 0) is 48.6 Å². The fourth-order valence-electron chi connectivity index (χ4n) is 4.22. The third-order valence-corrected chi connectivity index (χ3v) is 6.04. The van der Waals surface area contributed by atoms with Crippen LogP contribution in [0.5, 0.6) is 0 Å². The van der Waals surface area contributed by atoms with Crippen LogP contribution in [0.25, 0.3) is 40.0 Å². The van der Waals surface area contributed by atoms with Crippen LogP contribution in [0.15, 0.2) is 126 Å². The Morgan fingerprint density at radius 2 is 1.35 bits per heavy atom. The van der Waals surface area contributed by atoms with Crippen LogP contribution >= 0.6 is 0 Å². The maximum absolute atomic E-state index is 13.5. The fourth-order valence-corrected chi connectivity index (χ4v) is 4.22. The minimum absolute atomic E-state index is 0.169. The third-order valence-electron chi connectivity index (χ3n) is 6.04. The van der Waals surface area contributed by atoms with Gasteiger partial charge < -0.3 is 0 Å². The van der Waals surface area contributed by atoms with E-state index in [0.29, 0.717) is 16.7 Å². The molecular weight excluding hydrogens is 458 g/mol. The van der Waals surface area contributed by atoms with Crippen LogP contribution in [0, 0.1) is 0 Å². The van der Waals surface area contributed by atoms with E-state index in [-0.39, 0.29) is 5.56 Å². The molecule has 0 aliphatic rings. The quantitative estimate of drug-likeness (QED) is 0.303. The SMILES string of the molecule is O=c1c2ccccc2nc(/C=C/c2cn(-c3ccccc3)nc2-c2ccccc2)n1Nc1ccccc1. The number of rotatable bonds is 6. The lowest BCUT2D eigenvalue weighted by molar-refractivity contribution is 0.864. The van der Waals surface area contributed by atoms with Crippen molar-refractivity contribution < 1.29 is 0 Å². The molecule has 0 unspecified atom stereocenters. The van der Waals surface area contributed by atoms with E-state index in [4.69, 9.17) is 10.1 Å². The largest absolute Gasteiger partial charge is 0.290 e. The van der Waals surface area contributed by atoms with Gasteiger partial charge in [-0.25, -0.2) is 14.3 Å². The zero-order chi connectivity index (χ0) is 25.0. The Bertz CT molecular complexity index is 1750. The zero-order valence-electron chi connectivity index (χ0n) is 19.9. The van der Waals surface area contributed by atoms with Crippen LogP contribution in [0.3, 0.4) is 0 Å². The van der Waals surface area contributed by atoms with E-state index in [1.807, 2.05) is 132 Å². The van der Waals surface area contributed by atoms with Crippen molar-refractivity contribution >= 4 is 28.7 Å². The first-order valence-electron chi connectivity index (χ1n) is 12.0. The van der Waals surface area contributed by atoms with Crippen LogP contribution < -0.4 is 11.0 Å². The summed E-state index contributed by atoms with van der Waals surface area (Å²) < 4.78 is 3.35. The molecule has 4 aromatic carbocycles. The average Bonchev–Trinajstić information content (AvgIpc) is 3.39. The molecule has 0 radical (unpaired) electrons. The maximum Gasteiger partial charge on any atom is 0.280 e. The van der Waals surface area contributed by atoms with Gasteiger partial charge in [-0.3, -0.25) is 10.2 Å². The molecule has 37 heavy (non-hydrogen) atoms. The normalized spacial score (nSPS) is 11.2. The molecule has 6 rings (SSSR count). The number of nitrogens with zero attached hydrogens (tertiary/aromatic N) is 4. The van der Waals surface area contributed by atoms with E-state index in [1.165, 1.54) is 4.68 Å². The number of hydrogen-bond acceptors (Lipinski definition) is 4. The molecule has 0 fully saturated rings. The first-order valence-corrected chi connectivity index (χ1v) is 12.0. The first kappa shape index (κ1) is 22.2. The van der Waals surface area contributed by atoms with E-state index in [9.17, 15) is 4.79 Å². The summed E-state index contributed by atoms with van der Waals surface area (Å²) in [6.45, 7) is 0. The molecule has 2 aromatic heterocycles. The summed E-state index contributed by atoms with van der Waals surface area (Å²) in [5.74, 6) is 0.485. The summed E-state index contributed by atoms with van der Waals surface area (Å²) in [6.07, 6.45) is 5.79. The van der Waals surface area contributed by atoms with Crippen LogP contribution in [-0.2, 0) is 0 Å². The minimum atomic E-state index is -0.169. The van der Waals surface area contributed by atoms with Crippen LogP contribution in [0.4, 0.5) is 5.69 Å². The van der Waals surface area contributed by atoms with Crippen molar-refractivity contribution in [2.45, 2.75) is 0 Å². The van der Waals surface area contributed by atoms with E-state index in [0.717, 1.165) is 28.2 Å². The molecule has 0 amide bonds. The monoisotopic (exact) mass is 481 g/mol. The standard InChI is InChI=1S/C31H23N5O/c37-31-27-18-10-11-19-28(27)32-29(36(31)33-25-14-6-2-7-15-25)21-20-24-22-35(26-16-8-3-9-17-26)34-30(24)23-12-4-1-5-13-23/h1-22,33H/b21-20+. The average molecular weight is 482 g/mol. The summed E-state index contributed by atoms with van der Waals surface area (Å²) in [6, 6.07) is 37.0. The highest BCUT2D eigenvalue weighted by Crippen LogP contribution is 2.25. The lowest BCUT2D eigenvalue weighted by Crippen LogP contribution is -2.29. The fraction of sp³-hybridized carbons (Fsp3) is 0. The summed E-state index contributed by atoms with van der Waals surface area (Å²) in [5.41, 5.74) is 8.19. The predicted octanol–water partition coefficient (Wildman–Crippen LogP) is 6.29. The third kappa shape index (κ3) is 4.56. The lowest BCUT2D eigenvalue weighted by atomic mass is 10.1. The van der Waals surface area contributed by atoms with Crippen LogP contribution in [0.1, 0.15) is 11.4 Å². The van der Waals surface area contributed by atoms with Crippen molar-refractivity contribution in [2.75, 3.05) is 5.43 Å². The minimum Gasteiger partial charge on any atom is -0.290 e. The Morgan fingerprint density at radius 1 is 0.703 bits per heavy atom. The molecule has 6 aromatic rings. The van der Waals surface area contributed by atoms with Crippen LogP contribution in [0.2, 0.25) is 0 Å². The number of para-hydroxylation sites is 3. The first-order chi connectivity index (χ1) is 18.3. The number of benzene rings is 4. The number of fused-ring (bicyclic) bond motifs is 1. The summed E-state index contributed by atoms with van der Waals surface area (Å²) in [5, 5.41) is 5.43. The number of aromatic nitrogens is 4. The van der Waals surface area contributed by atoms with Crippen molar-refractivity contribution in [3.05, 3.63) is 143 Å². The molecule has 178 valence electrons. The lowest BCUT2D eigenvalue weighted by Gasteiger charge is -2.13. The number of hydrogen-bond donors (Lipinski definition) is 1. The second-order valence-electron chi connectivity index (χ2n) is 8.52. The topological polar surface area (TPSA) is 64.7 Å². The van der Waals surface area contributed by atoms with Gasteiger partial charge in [0.25, 0.3) is 5.56 Å². The molecule has 0 aliphatic heterocycles. The highest BCUT2D eigenvalue weighted by atomic mass is 16.1. The van der Waals surface area contributed by atoms with Gasteiger partial charge in [0.2, 0.25) is 0 Å². The molecule has 0 atom stereocenters. The van der Waals surface area contributed by atoms with Gasteiger partial charge in [-0.15, -0.1) is 0 Å². The van der Waals surface area contributed by atoms with Gasteiger partial charge >= 0.3 is 0 Å². The Morgan fingerprint density at radius 3 is 2.11 bits per heavy atom. The molecule has 0 bridgehead atoms. The second kappa shape index (κ2) is 9.79. The zero-order valence-corrected chi connectivity index (χ0v) is 19.9. The molecule has 1 N–H and O–H groups in total. The highest BCUT2D eigenvalue weighted by Gasteiger charge is 2.13. The highest BCUT2D eigenvalue weighted by molar-refractivity contribution is 5.81. The van der Waals surface area contributed by atoms with E-state index >= 15 is 0 Å². The van der Waals surface area contributed by atoms with Crippen molar-refractivity contribution in [3.8, 4) is 16.9 Å². The Kier molecular flexibility index (Phi) is 5.89. The molecule has 2 heterocycles. The van der Waals surface area contributed by atoms with Gasteiger partial charge in [0.1, 0.15) is 0 Å². The van der Waals surface area contributed by atoms with E-state index in [2.05, 4.69) is 5.43 Å². The maximum atomic E-state index is 13.5. The Hall–Kier alpha value is -5.23. The molecule has 0 saturated carbocycles. The van der Waals surface area contributed by atoms with E-state index in [1.54, 1.807) is 6.07 Å². The molecular formula is C31H23N5O. The Labute approximate surface area is 213 Å². The predicted molar refractivity (Wildman–Crippen MR) is 149 cm³/mol. The smallest absolute Gasteiger partial charge is 0.280 e. The van der Waals surface area contributed by atoms with Gasteiger partial charge in [0, 0.05) is 17.3 Å². The van der Waals surface area contributed by atoms with Gasteiger partial charge in [0.05, 0.1) is 28.0 Å². The summed E-state index contributed by atoms with van der Waals surface area (Å²) >= 11 is 0. The number of nitrogens with one attached hydrogen (secondary N) is 1. The second-order valence-corrected chi connectivity index (χ2v) is 8.52. The van der Waals surface area contributed by atoms with Crippen molar-refractivity contribution in [1.29, 1.82) is 0 Å².